The number of methoxy groups -OCH3 is 2. The van der Waals surface area contributed by atoms with E-state index in [-0.39, 0.29) is 11.1 Å². The highest BCUT2D eigenvalue weighted by Gasteiger charge is 2.40. The molecule has 29 heavy (non-hydrogen) atoms. The number of hydrogen-bond donors (Lipinski definition) is 1. The van der Waals surface area contributed by atoms with Crippen molar-refractivity contribution in [2.75, 3.05) is 14.2 Å². The fourth-order valence-electron chi connectivity index (χ4n) is 4.77. The van der Waals surface area contributed by atoms with Crippen molar-refractivity contribution in [3.8, 4) is 11.5 Å². The number of benzene rings is 1. The quantitative estimate of drug-likeness (QED) is 0.750. The molecule has 0 unspecified atom stereocenters. The number of ether oxygens (including phenoxy) is 2. The van der Waals surface area contributed by atoms with Gasteiger partial charge in [0.1, 0.15) is 11.5 Å². The van der Waals surface area contributed by atoms with Crippen molar-refractivity contribution in [2.24, 2.45) is 0 Å². The lowest BCUT2D eigenvalue weighted by atomic mass is 9.78. The Morgan fingerprint density at radius 1 is 1.03 bits per heavy atom. The zero-order valence-electron chi connectivity index (χ0n) is 18.7. The van der Waals surface area contributed by atoms with Crippen molar-refractivity contribution in [3.63, 3.8) is 0 Å². The molecule has 0 amide bonds. The number of nitrogens with one attached hydrogen (secondary N) is 1. The third kappa shape index (κ3) is 5.71. The molecule has 0 radical (unpaired) electrons. The average molecular weight is 398 g/mol. The fraction of sp³-hybridized carbons (Fsp3) is 0.542. The van der Waals surface area contributed by atoms with Crippen LogP contribution in [0.5, 0.6) is 11.5 Å². The van der Waals surface area contributed by atoms with Gasteiger partial charge in [-0.15, -0.1) is 0 Å². The van der Waals surface area contributed by atoms with Crippen LogP contribution in [0.4, 0.5) is 0 Å². The van der Waals surface area contributed by atoms with Crippen LogP contribution >= 0.6 is 0 Å². The van der Waals surface area contributed by atoms with Gasteiger partial charge in [-0.3, -0.25) is 9.88 Å². The molecule has 0 spiro atoms. The van der Waals surface area contributed by atoms with Gasteiger partial charge in [-0.2, -0.15) is 0 Å². The van der Waals surface area contributed by atoms with Crippen molar-refractivity contribution in [2.45, 2.75) is 70.7 Å². The Hall–Kier alpha value is -2.11. The predicted octanol–water partition coefficient (Wildman–Crippen LogP) is 4.41. The standard InChI is InChI=1S/C24H35N3O2/c1-23(2)13-20(14-24(3,4)26-23)27(16-18-8-7-11-25-15-18)17-19-9-10-21(28-5)12-22(19)29-6/h7-12,15,20,26H,13-14,16-17H2,1-6H3. The van der Waals surface area contributed by atoms with Gasteiger partial charge in [0.2, 0.25) is 0 Å². The smallest absolute Gasteiger partial charge is 0.127 e. The van der Waals surface area contributed by atoms with Crippen LogP contribution in [0.3, 0.4) is 0 Å². The van der Waals surface area contributed by atoms with Gasteiger partial charge < -0.3 is 14.8 Å². The van der Waals surface area contributed by atoms with Crippen molar-refractivity contribution in [1.29, 1.82) is 0 Å². The highest BCUT2D eigenvalue weighted by atomic mass is 16.5. The first-order valence-corrected chi connectivity index (χ1v) is 10.3. The summed E-state index contributed by atoms with van der Waals surface area (Å²) in [5, 5.41) is 3.80. The van der Waals surface area contributed by atoms with E-state index in [1.807, 2.05) is 30.6 Å². The van der Waals surface area contributed by atoms with E-state index < -0.39 is 0 Å². The topological polar surface area (TPSA) is 46.6 Å². The Labute approximate surface area is 175 Å². The van der Waals surface area contributed by atoms with Gasteiger partial charge in [0.25, 0.3) is 0 Å². The summed E-state index contributed by atoms with van der Waals surface area (Å²) in [6.45, 7) is 10.9. The lowest BCUT2D eigenvalue weighted by Crippen LogP contribution is -2.62. The molecule has 1 N–H and O–H groups in total. The highest BCUT2D eigenvalue weighted by Crippen LogP contribution is 2.34. The summed E-state index contributed by atoms with van der Waals surface area (Å²) in [6, 6.07) is 10.7. The third-order valence-electron chi connectivity index (χ3n) is 5.66. The van der Waals surface area contributed by atoms with Crippen LogP contribution in [0.1, 0.15) is 51.7 Å². The zero-order chi connectivity index (χ0) is 21.1. The summed E-state index contributed by atoms with van der Waals surface area (Å²) in [6.07, 6.45) is 5.98. The normalized spacial score (nSPS) is 18.6. The van der Waals surface area contributed by atoms with Crippen LogP contribution in [0.2, 0.25) is 0 Å². The van der Waals surface area contributed by atoms with E-state index >= 15 is 0 Å². The molecule has 0 atom stereocenters. The molecule has 0 aliphatic carbocycles. The average Bonchev–Trinajstić information content (AvgIpc) is 2.66. The van der Waals surface area contributed by atoms with Gasteiger partial charge in [-0.25, -0.2) is 0 Å². The molecule has 5 nitrogen and oxygen atoms in total. The molecule has 3 rings (SSSR count). The maximum absolute atomic E-state index is 5.68. The van der Waals surface area contributed by atoms with Gasteiger partial charge in [0, 0.05) is 54.2 Å². The maximum atomic E-state index is 5.68. The minimum atomic E-state index is 0.0869. The molecule has 1 aliphatic heterocycles. The number of hydrogen-bond acceptors (Lipinski definition) is 5. The van der Waals surface area contributed by atoms with E-state index in [1.54, 1.807) is 14.2 Å². The van der Waals surface area contributed by atoms with E-state index in [0.29, 0.717) is 6.04 Å². The summed E-state index contributed by atoms with van der Waals surface area (Å²) >= 11 is 0. The van der Waals surface area contributed by atoms with E-state index in [9.17, 15) is 0 Å². The molecule has 1 aliphatic rings. The number of pyridine rings is 1. The number of nitrogens with zero attached hydrogens (tertiary/aromatic N) is 2. The first-order valence-electron chi connectivity index (χ1n) is 10.3. The predicted molar refractivity (Wildman–Crippen MR) is 117 cm³/mol. The van der Waals surface area contributed by atoms with Crippen LogP contribution in [0, 0.1) is 0 Å². The Bertz CT molecular complexity index is 789. The number of piperidine rings is 1. The molecule has 1 fully saturated rings. The second kappa shape index (κ2) is 8.72. The largest absolute Gasteiger partial charge is 0.497 e. The highest BCUT2D eigenvalue weighted by molar-refractivity contribution is 5.40. The summed E-state index contributed by atoms with van der Waals surface area (Å²) in [5.74, 6) is 1.68. The van der Waals surface area contributed by atoms with Gasteiger partial charge in [-0.05, 0) is 58.2 Å². The van der Waals surface area contributed by atoms with Gasteiger partial charge in [0.15, 0.2) is 0 Å². The summed E-state index contributed by atoms with van der Waals surface area (Å²) in [7, 11) is 3.41. The molecular formula is C24H35N3O2. The van der Waals surface area contributed by atoms with Crippen LogP contribution in [-0.2, 0) is 13.1 Å². The number of aromatic nitrogens is 1. The summed E-state index contributed by atoms with van der Waals surface area (Å²) in [5.41, 5.74) is 2.58. The lowest BCUT2D eigenvalue weighted by molar-refractivity contribution is 0.0559. The van der Waals surface area contributed by atoms with Crippen molar-refractivity contribution >= 4 is 0 Å². The van der Waals surface area contributed by atoms with Crippen LogP contribution in [0.15, 0.2) is 42.7 Å². The van der Waals surface area contributed by atoms with E-state index in [1.165, 1.54) is 11.1 Å². The van der Waals surface area contributed by atoms with E-state index in [0.717, 1.165) is 37.4 Å². The zero-order valence-corrected chi connectivity index (χ0v) is 18.7. The fourth-order valence-corrected chi connectivity index (χ4v) is 4.77. The molecule has 2 heterocycles. The van der Waals surface area contributed by atoms with E-state index in [2.05, 4.69) is 55.0 Å². The molecule has 1 aromatic heterocycles. The van der Waals surface area contributed by atoms with Crippen molar-refractivity contribution < 1.29 is 9.47 Å². The Morgan fingerprint density at radius 3 is 2.34 bits per heavy atom. The van der Waals surface area contributed by atoms with Crippen LogP contribution in [-0.4, -0.2) is 41.2 Å². The summed E-state index contributed by atoms with van der Waals surface area (Å²) < 4.78 is 11.0. The SMILES string of the molecule is COc1ccc(CN(Cc2cccnc2)C2CC(C)(C)NC(C)(C)C2)c(OC)c1. The molecule has 0 saturated carbocycles. The molecule has 1 saturated heterocycles. The Balaban J connectivity index is 1.91. The second-order valence-electron chi connectivity index (χ2n) is 9.40. The van der Waals surface area contributed by atoms with Crippen LogP contribution < -0.4 is 14.8 Å². The minimum Gasteiger partial charge on any atom is -0.497 e. The molecule has 5 heteroatoms. The second-order valence-corrected chi connectivity index (χ2v) is 9.40. The maximum Gasteiger partial charge on any atom is 0.127 e. The third-order valence-corrected chi connectivity index (χ3v) is 5.66. The van der Waals surface area contributed by atoms with Crippen molar-refractivity contribution in [1.82, 2.24) is 15.2 Å². The Morgan fingerprint density at radius 2 is 1.76 bits per heavy atom. The lowest BCUT2D eigenvalue weighted by Gasteiger charge is -2.49. The van der Waals surface area contributed by atoms with Crippen LogP contribution in [0.25, 0.3) is 0 Å². The van der Waals surface area contributed by atoms with Gasteiger partial charge in [0.05, 0.1) is 14.2 Å². The Kier molecular flexibility index (Phi) is 6.49. The first-order chi connectivity index (χ1) is 13.7. The molecule has 1 aromatic carbocycles. The van der Waals surface area contributed by atoms with Gasteiger partial charge >= 0.3 is 0 Å². The minimum absolute atomic E-state index is 0.0869. The van der Waals surface area contributed by atoms with Crippen molar-refractivity contribution in [3.05, 3.63) is 53.9 Å². The van der Waals surface area contributed by atoms with Gasteiger partial charge in [-0.1, -0.05) is 12.1 Å². The molecular weight excluding hydrogens is 362 g/mol. The molecule has 158 valence electrons. The number of rotatable bonds is 7. The summed E-state index contributed by atoms with van der Waals surface area (Å²) in [4.78, 5) is 6.90. The van der Waals surface area contributed by atoms with E-state index in [4.69, 9.17) is 9.47 Å². The molecule has 2 aromatic rings. The molecule has 0 bridgehead atoms. The monoisotopic (exact) mass is 397 g/mol. The first kappa shape index (κ1) is 21.6.